The quantitative estimate of drug-likeness (QED) is 0.494. The zero-order chi connectivity index (χ0) is 14.2. The molecule has 21 heavy (non-hydrogen) atoms. The number of fused-ring (bicyclic) bond motifs is 3. The van der Waals surface area contributed by atoms with Gasteiger partial charge in [-0.15, -0.1) is 23.1 Å². The lowest BCUT2D eigenvalue weighted by molar-refractivity contribution is 0.699. The van der Waals surface area contributed by atoms with Gasteiger partial charge >= 0.3 is 0 Å². The van der Waals surface area contributed by atoms with Crippen molar-refractivity contribution in [3.05, 3.63) is 40.8 Å². The van der Waals surface area contributed by atoms with Crippen LogP contribution < -0.4 is 0 Å². The molecule has 0 N–H and O–H groups in total. The molecule has 106 valence electrons. The van der Waals surface area contributed by atoms with E-state index in [1.165, 1.54) is 46.3 Å². The van der Waals surface area contributed by atoms with Crippen molar-refractivity contribution in [2.45, 2.75) is 30.7 Å². The molecule has 0 aliphatic heterocycles. The number of benzene rings is 1. The summed E-state index contributed by atoms with van der Waals surface area (Å²) in [6, 6.07) is 10.3. The minimum absolute atomic E-state index is 0.853. The van der Waals surface area contributed by atoms with Crippen molar-refractivity contribution in [2.24, 2.45) is 0 Å². The Balaban J connectivity index is 1.96. The van der Waals surface area contributed by atoms with Gasteiger partial charge in [0.2, 0.25) is 0 Å². The second-order valence-corrected chi connectivity index (χ2v) is 7.19. The van der Waals surface area contributed by atoms with Crippen LogP contribution in [0.2, 0.25) is 0 Å². The Kier molecular flexibility index (Phi) is 3.43. The van der Waals surface area contributed by atoms with Crippen LogP contribution in [0.5, 0.6) is 0 Å². The number of hydrogen-bond acceptors (Lipinski definition) is 4. The number of hydrogen-bond donors (Lipinski definition) is 0. The second kappa shape index (κ2) is 5.43. The van der Waals surface area contributed by atoms with Crippen molar-refractivity contribution in [3.8, 4) is 11.4 Å². The van der Waals surface area contributed by atoms with Crippen LogP contribution in [0.4, 0.5) is 0 Å². The lowest BCUT2D eigenvalue weighted by Gasteiger charge is -2.11. The van der Waals surface area contributed by atoms with E-state index in [2.05, 4.69) is 18.4 Å². The molecule has 1 aliphatic carbocycles. The molecule has 2 nitrogen and oxygen atoms in total. The summed E-state index contributed by atoms with van der Waals surface area (Å²) < 4.78 is 0. The van der Waals surface area contributed by atoms with Crippen LogP contribution >= 0.6 is 23.1 Å². The number of aromatic nitrogens is 2. The zero-order valence-corrected chi connectivity index (χ0v) is 13.6. The monoisotopic (exact) mass is 312 g/mol. The van der Waals surface area contributed by atoms with E-state index >= 15 is 0 Å². The third-order valence-electron chi connectivity index (χ3n) is 4.01. The number of thioether (sulfide) groups is 1. The highest BCUT2D eigenvalue weighted by molar-refractivity contribution is 7.98. The normalized spacial score (nSPS) is 14.3. The number of rotatable bonds is 2. The Morgan fingerprint density at radius 3 is 2.67 bits per heavy atom. The summed E-state index contributed by atoms with van der Waals surface area (Å²) in [6.07, 6.45) is 7.13. The van der Waals surface area contributed by atoms with Crippen LogP contribution in [0.15, 0.2) is 35.4 Å². The number of nitrogens with zero attached hydrogens (tertiary/aromatic N) is 2. The average molecular weight is 312 g/mol. The van der Waals surface area contributed by atoms with Crippen LogP contribution in [0, 0.1) is 0 Å². The van der Waals surface area contributed by atoms with Crippen LogP contribution in [0.1, 0.15) is 23.3 Å². The van der Waals surface area contributed by atoms with Crippen molar-refractivity contribution in [3.63, 3.8) is 0 Å². The summed E-state index contributed by atoms with van der Waals surface area (Å²) in [5.41, 5.74) is 2.62. The molecule has 2 aromatic heterocycles. The fourth-order valence-corrected chi connectivity index (χ4v) is 4.92. The van der Waals surface area contributed by atoms with Crippen molar-refractivity contribution < 1.29 is 0 Å². The highest BCUT2D eigenvalue weighted by Crippen LogP contribution is 2.40. The second-order valence-electron chi connectivity index (χ2n) is 5.31. The molecule has 0 saturated carbocycles. The Bertz CT molecular complexity index is 793. The highest BCUT2D eigenvalue weighted by atomic mass is 32.2. The Hall–Kier alpha value is -1.39. The van der Waals surface area contributed by atoms with E-state index < -0.39 is 0 Å². The summed E-state index contributed by atoms with van der Waals surface area (Å²) >= 11 is 3.61. The van der Waals surface area contributed by atoms with Gasteiger partial charge in [-0.1, -0.05) is 30.3 Å². The first-order valence-corrected chi connectivity index (χ1v) is 9.32. The van der Waals surface area contributed by atoms with Gasteiger partial charge < -0.3 is 0 Å². The van der Waals surface area contributed by atoms with Crippen molar-refractivity contribution in [1.29, 1.82) is 0 Å². The third kappa shape index (κ3) is 2.27. The van der Waals surface area contributed by atoms with E-state index in [4.69, 9.17) is 9.97 Å². The Morgan fingerprint density at radius 2 is 1.86 bits per heavy atom. The van der Waals surface area contributed by atoms with Crippen LogP contribution in [0.3, 0.4) is 0 Å². The molecule has 4 rings (SSSR count). The molecule has 0 atom stereocenters. The predicted molar refractivity (Wildman–Crippen MR) is 91.3 cm³/mol. The van der Waals surface area contributed by atoms with Gasteiger partial charge in [0.15, 0.2) is 5.82 Å². The average Bonchev–Trinajstić information content (AvgIpc) is 2.93. The molecule has 0 bridgehead atoms. The molecule has 4 heteroatoms. The highest BCUT2D eigenvalue weighted by Gasteiger charge is 2.21. The largest absolute Gasteiger partial charge is 0.221 e. The lowest BCUT2D eigenvalue weighted by atomic mass is 9.97. The smallest absolute Gasteiger partial charge is 0.162 e. The molecule has 0 radical (unpaired) electrons. The van der Waals surface area contributed by atoms with Gasteiger partial charge in [-0.25, -0.2) is 9.97 Å². The zero-order valence-electron chi connectivity index (χ0n) is 11.9. The van der Waals surface area contributed by atoms with Crippen molar-refractivity contribution in [1.82, 2.24) is 9.97 Å². The standard InChI is InChI=1S/C17H16N2S2/c1-20-16-14-12-9-5-6-10-13(12)21-17(14)19-15(18-16)11-7-3-2-4-8-11/h2-4,7-8H,5-6,9-10H2,1H3. The summed E-state index contributed by atoms with van der Waals surface area (Å²) in [7, 11) is 0. The van der Waals surface area contributed by atoms with E-state index in [1.807, 2.05) is 29.5 Å². The van der Waals surface area contributed by atoms with Gasteiger partial charge in [-0.2, -0.15) is 0 Å². The van der Waals surface area contributed by atoms with Gasteiger partial charge in [-0.05, 0) is 37.5 Å². The molecule has 0 fully saturated rings. The molecule has 1 aromatic carbocycles. The Labute approximate surface area is 132 Å². The van der Waals surface area contributed by atoms with Crippen LogP contribution in [-0.2, 0) is 12.8 Å². The summed E-state index contributed by atoms with van der Waals surface area (Å²) in [4.78, 5) is 12.4. The molecule has 2 heterocycles. The maximum absolute atomic E-state index is 4.85. The van der Waals surface area contributed by atoms with Crippen molar-refractivity contribution >= 4 is 33.3 Å². The minimum atomic E-state index is 0.853. The summed E-state index contributed by atoms with van der Waals surface area (Å²) in [5, 5.41) is 2.46. The number of aryl methyl sites for hydroxylation is 2. The first-order chi connectivity index (χ1) is 10.4. The molecule has 0 spiro atoms. The SMILES string of the molecule is CSc1nc(-c2ccccc2)nc2sc3c(c12)CCCC3. The fourth-order valence-electron chi connectivity index (χ4n) is 2.99. The van der Waals surface area contributed by atoms with Crippen LogP contribution in [-0.4, -0.2) is 16.2 Å². The molecule has 0 saturated heterocycles. The molecule has 0 unspecified atom stereocenters. The first-order valence-electron chi connectivity index (χ1n) is 7.28. The molecular weight excluding hydrogens is 296 g/mol. The van der Waals surface area contributed by atoms with Gasteiger partial charge in [0, 0.05) is 15.8 Å². The maximum atomic E-state index is 4.85. The van der Waals surface area contributed by atoms with E-state index in [9.17, 15) is 0 Å². The van der Waals surface area contributed by atoms with E-state index in [0.717, 1.165) is 16.4 Å². The molecular formula is C17H16N2S2. The van der Waals surface area contributed by atoms with Gasteiger partial charge in [-0.3, -0.25) is 0 Å². The minimum Gasteiger partial charge on any atom is -0.221 e. The van der Waals surface area contributed by atoms with Gasteiger partial charge in [0.1, 0.15) is 9.86 Å². The lowest BCUT2D eigenvalue weighted by Crippen LogP contribution is -1.99. The maximum Gasteiger partial charge on any atom is 0.162 e. The summed E-state index contributed by atoms with van der Waals surface area (Å²) in [5.74, 6) is 0.853. The predicted octanol–water partition coefficient (Wildman–Crippen LogP) is 4.96. The van der Waals surface area contributed by atoms with Gasteiger partial charge in [0.05, 0.1) is 0 Å². The van der Waals surface area contributed by atoms with Crippen molar-refractivity contribution in [2.75, 3.05) is 6.26 Å². The molecule has 3 aromatic rings. The first kappa shape index (κ1) is 13.3. The van der Waals surface area contributed by atoms with Gasteiger partial charge in [0.25, 0.3) is 0 Å². The summed E-state index contributed by atoms with van der Waals surface area (Å²) in [6.45, 7) is 0. The van der Waals surface area contributed by atoms with Crippen LogP contribution in [0.25, 0.3) is 21.6 Å². The van der Waals surface area contributed by atoms with E-state index in [1.54, 1.807) is 11.8 Å². The number of thiophene rings is 1. The topological polar surface area (TPSA) is 25.8 Å². The third-order valence-corrected chi connectivity index (χ3v) is 5.87. The molecule has 1 aliphatic rings. The fraction of sp³-hybridized carbons (Fsp3) is 0.294. The Morgan fingerprint density at radius 1 is 1.05 bits per heavy atom. The molecule has 0 amide bonds. The van der Waals surface area contributed by atoms with E-state index in [-0.39, 0.29) is 0 Å². The van der Waals surface area contributed by atoms with E-state index in [0.29, 0.717) is 0 Å².